The Morgan fingerprint density at radius 2 is 2.00 bits per heavy atom. The van der Waals surface area contributed by atoms with Gasteiger partial charge in [0, 0.05) is 19.6 Å². The lowest BCUT2D eigenvalue weighted by atomic mass is 10.1. The van der Waals surface area contributed by atoms with Crippen LogP contribution >= 0.6 is 0 Å². The summed E-state index contributed by atoms with van der Waals surface area (Å²) >= 11 is 0. The van der Waals surface area contributed by atoms with Gasteiger partial charge in [-0.25, -0.2) is 4.39 Å². The molecule has 0 amide bonds. The van der Waals surface area contributed by atoms with E-state index in [9.17, 15) is 4.39 Å². The van der Waals surface area contributed by atoms with Crippen LogP contribution in [0.5, 0.6) is 0 Å². The van der Waals surface area contributed by atoms with Gasteiger partial charge in [0.15, 0.2) is 0 Å². The normalized spacial score (nSPS) is 12.7. The summed E-state index contributed by atoms with van der Waals surface area (Å²) in [4.78, 5) is 0. The van der Waals surface area contributed by atoms with Gasteiger partial charge in [-0.2, -0.15) is 5.10 Å². The zero-order valence-corrected chi connectivity index (χ0v) is 10.9. The van der Waals surface area contributed by atoms with Gasteiger partial charge in [0.1, 0.15) is 5.82 Å². The van der Waals surface area contributed by atoms with Crippen molar-refractivity contribution >= 4 is 0 Å². The highest BCUT2D eigenvalue weighted by molar-refractivity contribution is 5.19. The van der Waals surface area contributed by atoms with E-state index < -0.39 is 0 Å². The van der Waals surface area contributed by atoms with Crippen molar-refractivity contribution < 1.29 is 4.39 Å². The molecule has 1 N–H and O–H groups in total. The van der Waals surface area contributed by atoms with E-state index in [1.54, 1.807) is 0 Å². The SMILES string of the molecule is Cc1cc(CNC(C)c2ccc(F)cc2)n(C)n1. The highest BCUT2D eigenvalue weighted by Gasteiger charge is 2.07. The average molecular weight is 247 g/mol. The lowest BCUT2D eigenvalue weighted by Gasteiger charge is -2.14. The molecule has 96 valence electrons. The number of aryl methyl sites for hydroxylation is 2. The lowest BCUT2D eigenvalue weighted by Crippen LogP contribution is -2.19. The maximum atomic E-state index is 12.8. The summed E-state index contributed by atoms with van der Waals surface area (Å²) in [6, 6.07) is 8.83. The van der Waals surface area contributed by atoms with Crippen molar-refractivity contribution in [3.8, 4) is 0 Å². The molecule has 0 saturated carbocycles. The summed E-state index contributed by atoms with van der Waals surface area (Å²) < 4.78 is 14.7. The fourth-order valence-electron chi connectivity index (χ4n) is 1.96. The summed E-state index contributed by atoms with van der Waals surface area (Å²) in [5.41, 5.74) is 3.24. The largest absolute Gasteiger partial charge is 0.305 e. The van der Waals surface area contributed by atoms with Gasteiger partial charge in [-0.15, -0.1) is 0 Å². The first-order valence-electron chi connectivity index (χ1n) is 6.04. The summed E-state index contributed by atoms with van der Waals surface area (Å²) in [6.45, 7) is 4.79. The molecule has 2 rings (SSSR count). The van der Waals surface area contributed by atoms with Gasteiger partial charge < -0.3 is 5.32 Å². The van der Waals surface area contributed by atoms with Crippen LogP contribution in [0.4, 0.5) is 4.39 Å². The number of benzene rings is 1. The predicted octanol–water partition coefficient (Wildman–Crippen LogP) is 2.72. The molecule has 0 aliphatic carbocycles. The van der Waals surface area contributed by atoms with E-state index in [1.165, 1.54) is 12.1 Å². The van der Waals surface area contributed by atoms with E-state index in [0.717, 1.165) is 23.5 Å². The topological polar surface area (TPSA) is 29.9 Å². The number of hydrogen-bond donors (Lipinski definition) is 1. The van der Waals surface area contributed by atoms with Gasteiger partial charge in [-0.1, -0.05) is 12.1 Å². The minimum atomic E-state index is -0.201. The Bertz CT molecular complexity index is 516. The molecular weight excluding hydrogens is 229 g/mol. The lowest BCUT2D eigenvalue weighted by molar-refractivity contribution is 0.546. The van der Waals surface area contributed by atoms with E-state index >= 15 is 0 Å². The Labute approximate surface area is 107 Å². The monoisotopic (exact) mass is 247 g/mol. The van der Waals surface area contributed by atoms with Gasteiger partial charge in [0.05, 0.1) is 11.4 Å². The highest BCUT2D eigenvalue weighted by Crippen LogP contribution is 2.13. The molecule has 18 heavy (non-hydrogen) atoms. The molecule has 1 aromatic heterocycles. The van der Waals surface area contributed by atoms with E-state index in [0.29, 0.717) is 0 Å². The summed E-state index contributed by atoms with van der Waals surface area (Å²) in [6.07, 6.45) is 0. The van der Waals surface area contributed by atoms with Crippen LogP contribution in [0.2, 0.25) is 0 Å². The quantitative estimate of drug-likeness (QED) is 0.900. The van der Waals surface area contributed by atoms with Crippen molar-refractivity contribution in [3.05, 3.63) is 53.1 Å². The first kappa shape index (κ1) is 12.8. The molecule has 1 heterocycles. The number of nitrogens with zero attached hydrogens (tertiary/aromatic N) is 2. The van der Waals surface area contributed by atoms with Crippen LogP contribution < -0.4 is 5.32 Å². The minimum absolute atomic E-state index is 0.181. The Kier molecular flexibility index (Phi) is 3.77. The first-order valence-corrected chi connectivity index (χ1v) is 6.04. The van der Waals surface area contributed by atoms with Crippen LogP contribution in [-0.4, -0.2) is 9.78 Å². The Balaban J connectivity index is 1.98. The van der Waals surface area contributed by atoms with Crippen LogP contribution in [0.15, 0.2) is 30.3 Å². The van der Waals surface area contributed by atoms with Crippen LogP contribution in [0.25, 0.3) is 0 Å². The van der Waals surface area contributed by atoms with Crippen LogP contribution in [0.1, 0.15) is 29.9 Å². The number of nitrogens with one attached hydrogen (secondary N) is 1. The molecule has 4 heteroatoms. The average Bonchev–Trinajstić information content (AvgIpc) is 2.66. The fraction of sp³-hybridized carbons (Fsp3) is 0.357. The summed E-state index contributed by atoms with van der Waals surface area (Å²) in [5, 5.41) is 7.71. The number of halogens is 1. The van der Waals surface area contributed by atoms with Crippen LogP contribution in [0.3, 0.4) is 0 Å². The molecule has 1 aromatic carbocycles. The van der Waals surface area contributed by atoms with E-state index in [4.69, 9.17) is 0 Å². The number of rotatable bonds is 4. The third-order valence-electron chi connectivity index (χ3n) is 3.06. The van der Waals surface area contributed by atoms with Crippen molar-refractivity contribution in [2.24, 2.45) is 7.05 Å². The third-order valence-corrected chi connectivity index (χ3v) is 3.06. The maximum Gasteiger partial charge on any atom is 0.123 e. The molecule has 0 aliphatic rings. The standard InChI is InChI=1S/C14H18FN3/c1-10-8-14(18(3)17-10)9-16-11(2)12-4-6-13(15)7-5-12/h4-8,11,16H,9H2,1-3H3. The Morgan fingerprint density at radius 3 is 2.56 bits per heavy atom. The van der Waals surface area contributed by atoms with E-state index in [-0.39, 0.29) is 11.9 Å². The first-order chi connectivity index (χ1) is 8.56. The zero-order valence-electron chi connectivity index (χ0n) is 10.9. The van der Waals surface area contributed by atoms with Gasteiger partial charge in [0.25, 0.3) is 0 Å². The summed E-state index contributed by atoms with van der Waals surface area (Å²) in [7, 11) is 1.94. The molecule has 3 nitrogen and oxygen atoms in total. The van der Waals surface area contributed by atoms with Crippen LogP contribution in [0, 0.1) is 12.7 Å². The maximum absolute atomic E-state index is 12.8. The van der Waals surface area contributed by atoms with E-state index in [1.807, 2.05) is 30.8 Å². The van der Waals surface area contributed by atoms with Gasteiger partial charge >= 0.3 is 0 Å². The molecule has 0 radical (unpaired) electrons. The van der Waals surface area contributed by atoms with E-state index in [2.05, 4.69) is 23.4 Å². The Morgan fingerprint density at radius 1 is 1.33 bits per heavy atom. The zero-order chi connectivity index (χ0) is 13.1. The van der Waals surface area contributed by atoms with Crippen molar-refractivity contribution in [1.29, 1.82) is 0 Å². The smallest absolute Gasteiger partial charge is 0.123 e. The molecule has 0 fully saturated rings. The number of hydrogen-bond acceptors (Lipinski definition) is 2. The summed E-state index contributed by atoms with van der Waals surface area (Å²) in [5.74, 6) is -0.201. The van der Waals surface area contributed by atoms with Crippen molar-refractivity contribution in [2.45, 2.75) is 26.4 Å². The van der Waals surface area contributed by atoms with Gasteiger partial charge in [-0.3, -0.25) is 4.68 Å². The highest BCUT2D eigenvalue weighted by atomic mass is 19.1. The second kappa shape index (κ2) is 5.31. The third kappa shape index (κ3) is 2.96. The molecule has 0 aliphatic heterocycles. The second-order valence-corrected chi connectivity index (χ2v) is 4.55. The molecule has 1 unspecified atom stereocenters. The minimum Gasteiger partial charge on any atom is -0.305 e. The Hall–Kier alpha value is -1.68. The van der Waals surface area contributed by atoms with Gasteiger partial charge in [0.2, 0.25) is 0 Å². The molecule has 2 aromatic rings. The number of aromatic nitrogens is 2. The molecule has 0 spiro atoms. The van der Waals surface area contributed by atoms with Crippen LogP contribution in [-0.2, 0) is 13.6 Å². The molecular formula is C14H18FN3. The van der Waals surface area contributed by atoms with Crippen molar-refractivity contribution in [1.82, 2.24) is 15.1 Å². The fourth-order valence-corrected chi connectivity index (χ4v) is 1.96. The molecule has 0 saturated heterocycles. The van der Waals surface area contributed by atoms with Crippen molar-refractivity contribution in [3.63, 3.8) is 0 Å². The molecule has 1 atom stereocenters. The predicted molar refractivity (Wildman–Crippen MR) is 69.6 cm³/mol. The van der Waals surface area contributed by atoms with Crippen molar-refractivity contribution in [2.75, 3.05) is 0 Å². The molecule has 0 bridgehead atoms. The second-order valence-electron chi connectivity index (χ2n) is 4.55. The van der Waals surface area contributed by atoms with Gasteiger partial charge in [-0.05, 0) is 37.6 Å².